The highest BCUT2D eigenvalue weighted by molar-refractivity contribution is 8.02. The Morgan fingerprint density at radius 3 is 2.35 bits per heavy atom. The van der Waals surface area contributed by atoms with Crippen LogP contribution < -0.4 is 10.9 Å². The molecule has 0 aliphatic rings. The van der Waals surface area contributed by atoms with Crippen LogP contribution in [0.2, 0.25) is 0 Å². The third-order valence-electron chi connectivity index (χ3n) is 3.53. The van der Waals surface area contributed by atoms with Gasteiger partial charge in [0.05, 0.1) is 10.9 Å². The molecule has 0 bridgehead atoms. The minimum Gasteiger partial charge on any atom is -0.272 e. The van der Waals surface area contributed by atoms with Crippen LogP contribution in [-0.4, -0.2) is 22.0 Å². The molecular formula is C19H17N3O2S2. The third kappa shape index (κ3) is 4.71. The van der Waals surface area contributed by atoms with Crippen LogP contribution in [0.3, 0.4) is 0 Å². The molecule has 0 saturated heterocycles. The van der Waals surface area contributed by atoms with Crippen molar-refractivity contribution >= 4 is 34.9 Å². The van der Waals surface area contributed by atoms with E-state index in [-0.39, 0.29) is 17.1 Å². The number of hydrogen-bond acceptors (Lipinski definition) is 5. The van der Waals surface area contributed by atoms with Gasteiger partial charge in [-0.3, -0.25) is 20.4 Å². The van der Waals surface area contributed by atoms with Gasteiger partial charge in [-0.2, -0.15) is 0 Å². The number of benzene rings is 2. The number of rotatable bonds is 5. The molecule has 3 aromatic rings. The molecule has 132 valence electrons. The van der Waals surface area contributed by atoms with Crippen molar-refractivity contribution in [2.24, 2.45) is 0 Å². The van der Waals surface area contributed by atoms with E-state index >= 15 is 0 Å². The zero-order valence-electron chi connectivity index (χ0n) is 14.0. The lowest BCUT2D eigenvalue weighted by Crippen LogP contribution is -2.44. The molecule has 0 aliphatic heterocycles. The molecule has 2 N–H and O–H groups in total. The van der Waals surface area contributed by atoms with Gasteiger partial charge in [-0.15, -0.1) is 11.3 Å². The van der Waals surface area contributed by atoms with Gasteiger partial charge in [0.2, 0.25) is 0 Å². The first-order valence-electron chi connectivity index (χ1n) is 7.96. The van der Waals surface area contributed by atoms with Crippen molar-refractivity contribution < 1.29 is 9.59 Å². The Labute approximate surface area is 159 Å². The standard InChI is InChI=1S/C19H17N3O2S2/c1-13(17(23)21-22-18(24)15-10-6-3-7-11-15)26-19-20-16(12-25-19)14-8-4-2-5-9-14/h2-13H,1H3,(H,21,23)(H,22,24)/t13-/m0/s1. The van der Waals surface area contributed by atoms with E-state index in [9.17, 15) is 9.59 Å². The smallest absolute Gasteiger partial charge is 0.269 e. The Kier molecular flexibility index (Phi) is 6.04. The number of hydrogen-bond donors (Lipinski definition) is 2. The fourth-order valence-electron chi connectivity index (χ4n) is 2.14. The molecule has 1 atom stereocenters. The van der Waals surface area contributed by atoms with E-state index in [1.54, 1.807) is 31.2 Å². The number of thiazole rings is 1. The molecule has 26 heavy (non-hydrogen) atoms. The van der Waals surface area contributed by atoms with Crippen LogP contribution in [-0.2, 0) is 4.79 Å². The summed E-state index contributed by atoms with van der Waals surface area (Å²) < 4.78 is 0.806. The van der Waals surface area contributed by atoms with Crippen LogP contribution in [0.5, 0.6) is 0 Å². The zero-order chi connectivity index (χ0) is 18.4. The second-order valence-electron chi connectivity index (χ2n) is 5.43. The van der Waals surface area contributed by atoms with E-state index in [2.05, 4.69) is 15.8 Å². The maximum Gasteiger partial charge on any atom is 0.269 e. The average Bonchev–Trinajstić information content (AvgIpc) is 3.15. The van der Waals surface area contributed by atoms with E-state index in [0.717, 1.165) is 15.6 Å². The Balaban J connectivity index is 1.53. The van der Waals surface area contributed by atoms with Gasteiger partial charge < -0.3 is 0 Å². The molecule has 2 amide bonds. The van der Waals surface area contributed by atoms with E-state index < -0.39 is 0 Å². The minimum atomic E-state index is -0.388. The molecular weight excluding hydrogens is 366 g/mol. The van der Waals surface area contributed by atoms with Gasteiger partial charge >= 0.3 is 0 Å². The quantitative estimate of drug-likeness (QED) is 0.520. The Morgan fingerprint density at radius 1 is 1.00 bits per heavy atom. The van der Waals surface area contributed by atoms with Crippen molar-refractivity contribution in [2.75, 3.05) is 0 Å². The van der Waals surface area contributed by atoms with Gasteiger partial charge in [0, 0.05) is 16.5 Å². The van der Waals surface area contributed by atoms with Gasteiger partial charge in [-0.25, -0.2) is 4.98 Å². The van der Waals surface area contributed by atoms with Crippen molar-refractivity contribution in [1.29, 1.82) is 0 Å². The largest absolute Gasteiger partial charge is 0.272 e. The maximum atomic E-state index is 12.2. The number of nitrogens with one attached hydrogen (secondary N) is 2. The summed E-state index contributed by atoms with van der Waals surface area (Å²) in [6.45, 7) is 1.78. The molecule has 1 heterocycles. The zero-order valence-corrected chi connectivity index (χ0v) is 15.6. The summed E-state index contributed by atoms with van der Waals surface area (Å²) in [5.41, 5.74) is 7.31. The first-order chi connectivity index (χ1) is 12.6. The van der Waals surface area contributed by atoms with E-state index in [4.69, 9.17) is 0 Å². The summed E-state index contributed by atoms with van der Waals surface area (Å²) in [5, 5.41) is 1.58. The predicted octanol–water partition coefficient (Wildman–Crippen LogP) is 3.75. The van der Waals surface area contributed by atoms with Crippen LogP contribution in [0.25, 0.3) is 11.3 Å². The molecule has 1 aromatic heterocycles. The summed E-state index contributed by atoms with van der Waals surface area (Å²) in [6, 6.07) is 18.6. The lowest BCUT2D eigenvalue weighted by Gasteiger charge is -2.11. The molecule has 7 heteroatoms. The van der Waals surface area contributed by atoms with Gasteiger partial charge in [0.15, 0.2) is 4.34 Å². The van der Waals surface area contributed by atoms with Crippen LogP contribution in [0.15, 0.2) is 70.4 Å². The van der Waals surface area contributed by atoms with E-state index in [0.29, 0.717) is 5.56 Å². The first-order valence-corrected chi connectivity index (χ1v) is 9.72. The number of aromatic nitrogens is 1. The lowest BCUT2D eigenvalue weighted by molar-refractivity contribution is -0.121. The molecule has 0 radical (unpaired) electrons. The summed E-state index contributed by atoms with van der Waals surface area (Å²) >= 11 is 2.85. The SMILES string of the molecule is C[C@H](Sc1nc(-c2ccccc2)cs1)C(=O)NNC(=O)c1ccccc1. The highest BCUT2D eigenvalue weighted by Gasteiger charge is 2.17. The molecule has 0 spiro atoms. The number of nitrogens with zero attached hydrogens (tertiary/aromatic N) is 1. The summed E-state index contributed by atoms with van der Waals surface area (Å²) in [6.07, 6.45) is 0. The molecule has 0 aliphatic carbocycles. The number of carbonyl (C=O) groups excluding carboxylic acids is 2. The normalized spacial score (nSPS) is 11.6. The molecule has 5 nitrogen and oxygen atoms in total. The van der Waals surface area contributed by atoms with Crippen LogP contribution >= 0.6 is 23.1 Å². The fourth-order valence-corrected chi connectivity index (χ4v) is 4.11. The number of carbonyl (C=O) groups is 2. The van der Waals surface area contributed by atoms with Crippen molar-refractivity contribution in [3.05, 3.63) is 71.6 Å². The molecule has 3 rings (SSSR count). The van der Waals surface area contributed by atoms with Gasteiger partial charge in [0.1, 0.15) is 0 Å². The van der Waals surface area contributed by atoms with Crippen molar-refractivity contribution in [3.63, 3.8) is 0 Å². The highest BCUT2D eigenvalue weighted by Crippen LogP contribution is 2.30. The fraction of sp³-hybridized carbons (Fsp3) is 0.105. The van der Waals surface area contributed by atoms with E-state index in [1.165, 1.54) is 23.1 Å². The highest BCUT2D eigenvalue weighted by atomic mass is 32.2. The van der Waals surface area contributed by atoms with Crippen LogP contribution in [0.4, 0.5) is 0 Å². The summed E-state index contributed by atoms with van der Waals surface area (Å²) in [4.78, 5) is 28.7. The molecule has 0 unspecified atom stereocenters. The Bertz CT molecular complexity index is 882. The number of hydrazine groups is 1. The Morgan fingerprint density at radius 2 is 1.65 bits per heavy atom. The van der Waals surface area contributed by atoms with Crippen LogP contribution in [0.1, 0.15) is 17.3 Å². The topological polar surface area (TPSA) is 71.1 Å². The summed E-state index contributed by atoms with van der Waals surface area (Å²) in [7, 11) is 0. The second kappa shape index (κ2) is 8.64. The third-order valence-corrected chi connectivity index (χ3v) is 5.61. The van der Waals surface area contributed by atoms with Gasteiger partial charge in [0.25, 0.3) is 11.8 Å². The van der Waals surface area contributed by atoms with Crippen molar-refractivity contribution in [2.45, 2.75) is 16.5 Å². The minimum absolute atomic E-state index is 0.282. The monoisotopic (exact) mass is 383 g/mol. The predicted molar refractivity (Wildman–Crippen MR) is 105 cm³/mol. The van der Waals surface area contributed by atoms with Gasteiger partial charge in [-0.1, -0.05) is 60.3 Å². The molecule has 0 saturated carbocycles. The average molecular weight is 383 g/mol. The lowest BCUT2D eigenvalue weighted by atomic mass is 10.2. The maximum absolute atomic E-state index is 12.2. The van der Waals surface area contributed by atoms with Gasteiger partial charge in [-0.05, 0) is 19.1 Å². The Hall–Kier alpha value is -2.64. The second-order valence-corrected chi connectivity index (χ2v) is 7.88. The first kappa shape index (κ1) is 18.2. The van der Waals surface area contributed by atoms with Crippen molar-refractivity contribution in [3.8, 4) is 11.3 Å². The number of thioether (sulfide) groups is 1. The van der Waals surface area contributed by atoms with E-state index in [1.807, 2.05) is 41.8 Å². The number of amides is 2. The summed E-state index contributed by atoms with van der Waals surface area (Å²) in [5.74, 6) is -0.632. The molecule has 0 fully saturated rings. The van der Waals surface area contributed by atoms with Crippen molar-refractivity contribution in [1.82, 2.24) is 15.8 Å². The van der Waals surface area contributed by atoms with Crippen LogP contribution in [0, 0.1) is 0 Å². The molecule has 2 aromatic carbocycles.